The van der Waals surface area contributed by atoms with Crippen LogP contribution in [0.25, 0.3) is 10.9 Å². The Morgan fingerprint density at radius 2 is 2.07 bits per heavy atom. The summed E-state index contributed by atoms with van der Waals surface area (Å²) in [4.78, 5) is 5.45. The molecule has 0 aliphatic heterocycles. The topological polar surface area (TPSA) is 19.0 Å². The molecule has 0 radical (unpaired) electrons. The molecular weight excluding hydrogens is 172 g/mol. The van der Waals surface area contributed by atoms with Crippen molar-refractivity contribution in [3.63, 3.8) is 0 Å². The lowest BCUT2D eigenvalue weighted by Gasteiger charge is -2.09. The molecule has 0 saturated carbocycles. The van der Waals surface area contributed by atoms with Crippen LogP contribution in [-0.2, 0) is 6.42 Å². The normalized spacial score (nSPS) is 11.4. The summed E-state index contributed by atoms with van der Waals surface area (Å²) >= 11 is 0. The minimum absolute atomic E-state index is 1.10. The third-order valence-corrected chi connectivity index (χ3v) is 2.51. The minimum Gasteiger partial charge on any atom is -0.361 e. The number of H-pyrrole nitrogens is 1. The predicted molar refractivity (Wildman–Crippen MR) is 60.6 cm³/mol. The van der Waals surface area contributed by atoms with Gasteiger partial charge >= 0.3 is 0 Å². The van der Waals surface area contributed by atoms with Crippen molar-refractivity contribution in [2.75, 3.05) is 20.6 Å². The zero-order chi connectivity index (χ0) is 9.97. The second kappa shape index (κ2) is 3.84. The molecule has 0 amide bonds. The molecule has 1 aromatic heterocycles. The molecule has 0 bridgehead atoms. The lowest BCUT2D eigenvalue weighted by Crippen LogP contribution is -2.15. The number of nitrogens with one attached hydrogen (secondary N) is 1. The van der Waals surface area contributed by atoms with Crippen LogP contribution in [0.3, 0.4) is 0 Å². The number of aromatic nitrogens is 1. The Morgan fingerprint density at radius 3 is 2.86 bits per heavy atom. The van der Waals surface area contributed by atoms with Gasteiger partial charge in [-0.3, -0.25) is 0 Å². The molecule has 0 fully saturated rings. The summed E-state index contributed by atoms with van der Waals surface area (Å²) in [6, 6.07) is 8.60. The Bertz CT molecular complexity index is 415. The number of nitrogens with zero attached hydrogens (tertiary/aromatic N) is 1. The van der Waals surface area contributed by atoms with Gasteiger partial charge in [0, 0.05) is 23.6 Å². The molecular formula is C12H16N2. The van der Waals surface area contributed by atoms with Crippen molar-refractivity contribution >= 4 is 10.9 Å². The summed E-state index contributed by atoms with van der Waals surface area (Å²) in [5, 5.41) is 1.36. The second-order valence-corrected chi connectivity index (χ2v) is 3.91. The Morgan fingerprint density at radius 1 is 1.21 bits per heavy atom. The summed E-state index contributed by atoms with van der Waals surface area (Å²) in [6.07, 6.45) is 3.12. The molecule has 0 saturated heterocycles. The highest BCUT2D eigenvalue weighted by molar-refractivity contribution is 5.82. The highest BCUT2D eigenvalue weighted by Crippen LogP contribution is 2.17. The van der Waals surface area contributed by atoms with Crippen molar-refractivity contribution in [1.29, 1.82) is 0 Å². The molecule has 2 rings (SSSR count). The molecule has 2 aromatic rings. The molecule has 0 atom stereocenters. The van der Waals surface area contributed by atoms with Crippen LogP contribution in [-0.4, -0.2) is 30.5 Å². The van der Waals surface area contributed by atoms with E-state index in [4.69, 9.17) is 0 Å². The number of benzene rings is 1. The third kappa shape index (κ3) is 1.80. The van der Waals surface area contributed by atoms with Crippen molar-refractivity contribution in [2.24, 2.45) is 0 Å². The van der Waals surface area contributed by atoms with E-state index in [9.17, 15) is 0 Å². The first-order valence-electron chi connectivity index (χ1n) is 4.97. The maximum absolute atomic E-state index is 3.23. The summed E-state index contributed by atoms with van der Waals surface area (Å²) in [7, 11) is 4.22. The molecule has 2 heteroatoms. The van der Waals surface area contributed by atoms with Crippen LogP contribution in [0, 0.1) is 0 Å². The number of fused-ring (bicyclic) bond motifs is 1. The van der Waals surface area contributed by atoms with E-state index >= 15 is 0 Å². The van der Waals surface area contributed by atoms with E-state index in [2.05, 4.69) is 48.2 Å². The van der Waals surface area contributed by atoms with E-state index in [-0.39, 0.29) is 0 Å². The molecule has 0 aliphatic rings. The highest BCUT2D eigenvalue weighted by Gasteiger charge is 2.01. The summed E-state index contributed by atoms with van der Waals surface area (Å²) in [5.41, 5.74) is 2.67. The van der Waals surface area contributed by atoms with E-state index in [0.717, 1.165) is 13.0 Å². The van der Waals surface area contributed by atoms with Gasteiger partial charge < -0.3 is 9.88 Å². The van der Waals surface area contributed by atoms with Gasteiger partial charge in [-0.05, 0) is 38.2 Å². The third-order valence-electron chi connectivity index (χ3n) is 2.51. The van der Waals surface area contributed by atoms with Gasteiger partial charge in [-0.15, -0.1) is 0 Å². The van der Waals surface area contributed by atoms with Crippen LogP contribution in [0.1, 0.15) is 5.56 Å². The zero-order valence-electron chi connectivity index (χ0n) is 8.75. The lowest BCUT2D eigenvalue weighted by atomic mass is 10.1. The van der Waals surface area contributed by atoms with Gasteiger partial charge in [0.1, 0.15) is 0 Å². The molecule has 0 spiro atoms. The molecule has 1 aromatic carbocycles. The van der Waals surface area contributed by atoms with Gasteiger partial charge in [0.2, 0.25) is 0 Å². The molecule has 0 aliphatic carbocycles. The first-order valence-corrected chi connectivity index (χ1v) is 4.97. The van der Waals surface area contributed by atoms with E-state index in [1.54, 1.807) is 0 Å². The monoisotopic (exact) mass is 188 g/mol. The van der Waals surface area contributed by atoms with E-state index < -0.39 is 0 Å². The van der Waals surface area contributed by atoms with Crippen molar-refractivity contribution in [3.05, 3.63) is 36.0 Å². The van der Waals surface area contributed by atoms with Crippen LogP contribution in [0.5, 0.6) is 0 Å². The molecule has 2 nitrogen and oxygen atoms in total. The summed E-state index contributed by atoms with van der Waals surface area (Å²) < 4.78 is 0. The average molecular weight is 188 g/mol. The maximum Gasteiger partial charge on any atom is 0.0456 e. The summed E-state index contributed by atoms with van der Waals surface area (Å²) in [6.45, 7) is 1.10. The van der Waals surface area contributed by atoms with Gasteiger partial charge in [-0.1, -0.05) is 12.1 Å². The first-order chi connectivity index (χ1) is 6.77. The molecule has 74 valence electrons. The van der Waals surface area contributed by atoms with E-state index in [0.29, 0.717) is 0 Å². The Balaban J connectivity index is 2.27. The Kier molecular flexibility index (Phi) is 2.55. The second-order valence-electron chi connectivity index (χ2n) is 3.91. The van der Waals surface area contributed by atoms with Crippen LogP contribution in [0.4, 0.5) is 0 Å². The number of hydrogen-bond donors (Lipinski definition) is 1. The Hall–Kier alpha value is -1.28. The van der Waals surface area contributed by atoms with Crippen LogP contribution in [0.15, 0.2) is 30.5 Å². The number of likely N-dealkylation sites (N-methyl/N-ethyl adjacent to an activating group) is 1. The fourth-order valence-electron chi connectivity index (χ4n) is 1.71. The van der Waals surface area contributed by atoms with Gasteiger partial charge in [-0.25, -0.2) is 0 Å². The molecule has 1 heterocycles. The molecule has 0 unspecified atom stereocenters. The zero-order valence-corrected chi connectivity index (χ0v) is 8.75. The summed E-state index contributed by atoms with van der Waals surface area (Å²) in [5.74, 6) is 0. The molecule has 1 N–H and O–H groups in total. The number of hydrogen-bond acceptors (Lipinski definition) is 1. The van der Waals surface area contributed by atoms with Crippen molar-refractivity contribution in [2.45, 2.75) is 6.42 Å². The van der Waals surface area contributed by atoms with Crippen molar-refractivity contribution in [3.8, 4) is 0 Å². The minimum atomic E-state index is 1.10. The van der Waals surface area contributed by atoms with Crippen molar-refractivity contribution < 1.29 is 0 Å². The standard InChI is InChI=1S/C12H16N2/c1-14(2)9-7-10-4-3-5-12-11(10)6-8-13-12/h3-6,8,13H,7,9H2,1-2H3. The highest BCUT2D eigenvalue weighted by atomic mass is 15.0. The average Bonchev–Trinajstić information content (AvgIpc) is 2.62. The number of aromatic amines is 1. The van der Waals surface area contributed by atoms with Crippen LogP contribution >= 0.6 is 0 Å². The van der Waals surface area contributed by atoms with Gasteiger partial charge in [0.05, 0.1) is 0 Å². The fourth-order valence-corrected chi connectivity index (χ4v) is 1.71. The van der Waals surface area contributed by atoms with Crippen molar-refractivity contribution in [1.82, 2.24) is 9.88 Å². The largest absolute Gasteiger partial charge is 0.361 e. The van der Waals surface area contributed by atoms with E-state index in [1.165, 1.54) is 16.5 Å². The smallest absolute Gasteiger partial charge is 0.0456 e. The maximum atomic E-state index is 3.23. The SMILES string of the molecule is CN(C)CCc1cccc2[nH]ccc12. The van der Waals surface area contributed by atoms with E-state index in [1.807, 2.05) is 6.20 Å². The quantitative estimate of drug-likeness (QED) is 0.783. The van der Waals surface area contributed by atoms with Gasteiger partial charge in [0.25, 0.3) is 0 Å². The predicted octanol–water partition coefficient (Wildman–Crippen LogP) is 2.27. The Labute approximate surface area is 84.5 Å². The molecule has 14 heavy (non-hydrogen) atoms. The lowest BCUT2D eigenvalue weighted by molar-refractivity contribution is 0.414. The number of rotatable bonds is 3. The van der Waals surface area contributed by atoms with Crippen LogP contribution in [0.2, 0.25) is 0 Å². The van der Waals surface area contributed by atoms with Crippen LogP contribution < -0.4 is 0 Å². The fraction of sp³-hybridized carbons (Fsp3) is 0.333. The van der Waals surface area contributed by atoms with Gasteiger partial charge in [-0.2, -0.15) is 0 Å². The first kappa shape index (κ1) is 9.28. The van der Waals surface area contributed by atoms with Gasteiger partial charge in [0.15, 0.2) is 0 Å².